The van der Waals surface area contributed by atoms with Crippen LogP contribution in [0.4, 0.5) is 0 Å². The fourth-order valence-electron chi connectivity index (χ4n) is 3.05. The van der Waals surface area contributed by atoms with Gasteiger partial charge < -0.3 is 9.42 Å². The molecular formula is C17H24N4O2. The number of rotatable bonds is 5. The van der Waals surface area contributed by atoms with Crippen LogP contribution in [0.25, 0.3) is 0 Å². The molecule has 1 aliphatic heterocycles. The maximum Gasteiger partial charge on any atom is 0.225 e. The number of carbonyl (C=O) groups excluding carboxylic acids is 1. The van der Waals surface area contributed by atoms with Crippen LogP contribution in [-0.4, -0.2) is 32.3 Å². The van der Waals surface area contributed by atoms with E-state index in [1.807, 2.05) is 35.0 Å². The molecule has 0 aliphatic carbocycles. The second-order valence-corrected chi connectivity index (χ2v) is 6.58. The lowest BCUT2D eigenvalue weighted by Gasteiger charge is -2.23. The fraction of sp³-hybridized carbons (Fsp3) is 0.588. The minimum Gasteiger partial charge on any atom is -0.361 e. The van der Waals surface area contributed by atoms with Gasteiger partial charge in [0.15, 0.2) is 0 Å². The summed E-state index contributed by atoms with van der Waals surface area (Å²) in [5.74, 6) is 1.35. The van der Waals surface area contributed by atoms with Gasteiger partial charge in [0.2, 0.25) is 5.91 Å². The lowest BCUT2D eigenvalue weighted by molar-refractivity contribution is -0.132. The van der Waals surface area contributed by atoms with Crippen LogP contribution in [0, 0.1) is 6.92 Å². The van der Waals surface area contributed by atoms with E-state index in [0.29, 0.717) is 18.9 Å². The van der Waals surface area contributed by atoms with Crippen LogP contribution in [0.15, 0.2) is 23.0 Å². The standard InChI is InChI=1S/C17H24N4O2/c1-12(2)16-9-14(19-23-16)15-5-4-7-21(15)17(22)6-8-20-11-13(3)10-18-20/h9-12,15H,4-8H2,1-3H3/t15-/m1/s1. The zero-order chi connectivity index (χ0) is 16.4. The number of carbonyl (C=O) groups is 1. The van der Waals surface area contributed by atoms with Gasteiger partial charge in [0.1, 0.15) is 11.5 Å². The summed E-state index contributed by atoms with van der Waals surface area (Å²) in [5, 5.41) is 8.42. The molecule has 124 valence electrons. The predicted octanol–water partition coefficient (Wildman–Crippen LogP) is 3.06. The normalized spacial score (nSPS) is 18.1. The molecule has 2 aromatic rings. The summed E-state index contributed by atoms with van der Waals surface area (Å²) in [6.07, 6.45) is 6.21. The summed E-state index contributed by atoms with van der Waals surface area (Å²) < 4.78 is 7.22. The first-order valence-corrected chi connectivity index (χ1v) is 8.29. The number of hydrogen-bond donors (Lipinski definition) is 0. The Hall–Kier alpha value is -2.11. The summed E-state index contributed by atoms with van der Waals surface area (Å²) in [6.45, 7) is 7.57. The van der Waals surface area contributed by atoms with Crippen LogP contribution < -0.4 is 0 Å². The maximum atomic E-state index is 12.6. The van der Waals surface area contributed by atoms with Gasteiger partial charge in [-0.25, -0.2) is 0 Å². The Morgan fingerprint density at radius 1 is 1.48 bits per heavy atom. The van der Waals surface area contributed by atoms with Crippen LogP contribution in [-0.2, 0) is 11.3 Å². The molecule has 1 atom stereocenters. The van der Waals surface area contributed by atoms with Crippen LogP contribution in [0.3, 0.4) is 0 Å². The average molecular weight is 316 g/mol. The van der Waals surface area contributed by atoms with E-state index >= 15 is 0 Å². The fourth-order valence-corrected chi connectivity index (χ4v) is 3.05. The summed E-state index contributed by atoms with van der Waals surface area (Å²) in [4.78, 5) is 14.5. The Balaban J connectivity index is 1.64. The molecule has 6 nitrogen and oxygen atoms in total. The van der Waals surface area contributed by atoms with E-state index in [0.717, 1.165) is 36.4 Å². The first kappa shape index (κ1) is 15.8. The Morgan fingerprint density at radius 2 is 2.30 bits per heavy atom. The maximum absolute atomic E-state index is 12.6. The van der Waals surface area contributed by atoms with Gasteiger partial charge in [-0.05, 0) is 25.3 Å². The summed E-state index contributed by atoms with van der Waals surface area (Å²) >= 11 is 0. The number of nitrogens with zero attached hydrogens (tertiary/aromatic N) is 4. The van der Waals surface area contributed by atoms with E-state index in [1.165, 1.54) is 0 Å². The number of hydrogen-bond acceptors (Lipinski definition) is 4. The molecular weight excluding hydrogens is 292 g/mol. The van der Waals surface area contributed by atoms with E-state index in [4.69, 9.17) is 4.52 Å². The zero-order valence-electron chi connectivity index (χ0n) is 14.0. The van der Waals surface area contributed by atoms with Crippen molar-refractivity contribution in [1.29, 1.82) is 0 Å². The second-order valence-electron chi connectivity index (χ2n) is 6.58. The number of amides is 1. The summed E-state index contributed by atoms with van der Waals surface area (Å²) in [7, 11) is 0. The van der Waals surface area contributed by atoms with Crippen molar-refractivity contribution in [3.63, 3.8) is 0 Å². The lowest BCUT2D eigenvalue weighted by Crippen LogP contribution is -2.31. The molecule has 0 N–H and O–H groups in total. The third-order valence-electron chi connectivity index (χ3n) is 4.35. The van der Waals surface area contributed by atoms with Crippen molar-refractivity contribution in [2.45, 2.75) is 58.5 Å². The molecule has 1 amide bonds. The van der Waals surface area contributed by atoms with Gasteiger partial charge in [0.25, 0.3) is 0 Å². The van der Waals surface area contributed by atoms with Crippen molar-refractivity contribution in [2.24, 2.45) is 0 Å². The van der Waals surface area contributed by atoms with Crippen molar-refractivity contribution < 1.29 is 9.32 Å². The molecule has 2 aromatic heterocycles. The highest BCUT2D eigenvalue weighted by Crippen LogP contribution is 2.33. The quantitative estimate of drug-likeness (QED) is 0.850. The van der Waals surface area contributed by atoms with E-state index < -0.39 is 0 Å². The van der Waals surface area contributed by atoms with Crippen molar-refractivity contribution in [2.75, 3.05) is 6.54 Å². The average Bonchev–Trinajstić information content (AvgIpc) is 3.24. The Bertz CT molecular complexity index is 674. The Labute approximate surface area is 136 Å². The third-order valence-corrected chi connectivity index (χ3v) is 4.35. The molecule has 0 unspecified atom stereocenters. The van der Waals surface area contributed by atoms with Gasteiger partial charge in [-0.3, -0.25) is 9.48 Å². The van der Waals surface area contributed by atoms with Gasteiger partial charge >= 0.3 is 0 Å². The van der Waals surface area contributed by atoms with Crippen LogP contribution in [0.2, 0.25) is 0 Å². The molecule has 0 bridgehead atoms. The van der Waals surface area contributed by atoms with E-state index in [9.17, 15) is 4.79 Å². The Morgan fingerprint density at radius 3 is 2.96 bits per heavy atom. The highest BCUT2D eigenvalue weighted by molar-refractivity contribution is 5.76. The minimum absolute atomic E-state index is 0.0538. The largest absolute Gasteiger partial charge is 0.361 e. The molecule has 0 saturated carbocycles. The molecule has 1 saturated heterocycles. The minimum atomic E-state index is 0.0538. The van der Waals surface area contributed by atoms with Gasteiger partial charge in [-0.1, -0.05) is 19.0 Å². The smallest absolute Gasteiger partial charge is 0.225 e. The van der Waals surface area contributed by atoms with Crippen molar-refractivity contribution >= 4 is 5.91 Å². The van der Waals surface area contributed by atoms with Crippen LogP contribution in [0.1, 0.15) is 62.1 Å². The van der Waals surface area contributed by atoms with Gasteiger partial charge in [0, 0.05) is 37.7 Å². The lowest BCUT2D eigenvalue weighted by atomic mass is 10.1. The van der Waals surface area contributed by atoms with Crippen LogP contribution >= 0.6 is 0 Å². The summed E-state index contributed by atoms with van der Waals surface area (Å²) in [5.41, 5.74) is 2.00. The molecule has 3 heterocycles. The SMILES string of the molecule is Cc1cnn(CCC(=O)N2CCC[C@@H]2c2cc(C(C)C)on2)c1. The van der Waals surface area contributed by atoms with Gasteiger partial charge in [-0.15, -0.1) is 0 Å². The topological polar surface area (TPSA) is 64.2 Å². The third kappa shape index (κ3) is 3.46. The molecule has 0 radical (unpaired) electrons. The molecule has 6 heteroatoms. The molecule has 0 aromatic carbocycles. The number of aromatic nitrogens is 3. The number of likely N-dealkylation sites (tertiary alicyclic amines) is 1. The highest BCUT2D eigenvalue weighted by atomic mass is 16.5. The first-order valence-electron chi connectivity index (χ1n) is 8.29. The van der Waals surface area contributed by atoms with Gasteiger partial charge in [0.05, 0.1) is 12.2 Å². The van der Waals surface area contributed by atoms with Crippen molar-refractivity contribution in [3.05, 3.63) is 35.5 Å². The van der Waals surface area contributed by atoms with Crippen molar-refractivity contribution in [1.82, 2.24) is 19.8 Å². The van der Waals surface area contributed by atoms with Gasteiger partial charge in [-0.2, -0.15) is 5.10 Å². The highest BCUT2D eigenvalue weighted by Gasteiger charge is 2.32. The van der Waals surface area contributed by atoms with Crippen molar-refractivity contribution in [3.8, 4) is 0 Å². The molecule has 1 aliphatic rings. The van der Waals surface area contributed by atoms with E-state index in [1.54, 1.807) is 0 Å². The van der Waals surface area contributed by atoms with Crippen LogP contribution in [0.5, 0.6) is 0 Å². The van der Waals surface area contributed by atoms with E-state index in [2.05, 4.69) is 24.1 Å². The second kappa shape index (κ2) is 6.56. The molecule has 1 fully saturated rings. The predicted molar refractivity (Wildman–Crippen MR) is 85.9 cm³/mol. The molecule has 0 spiro atoms. The molecule has 3 rings (SSSR count). The number of aryl methyl sites for hydroxylation is 2. The first-order chi connectivity index (χ1) is 11.0. The summed E-state index contributed by atoms with van der Waals surface area (Å²) in [6, 6.07) is 2.05. The Kier molecular flexibility index (Phi) is 4.50. The zero-order valence-corrected chi connectivity index (χ0v) is 14.0. The monoisotopic (exact) mass is 316 g/mol. The van der Waals surface area contributed by atoms with E-state index in [-0.39, 0.29) is 11.9 Å². The molecule has 23 heavy (non-hydrogen) atoms.